The van der Waals surface area contributed by atoms with Gasteiger partial charge in [-0.25, -0.2) is 8.42 Å². The molecular formula is C20H24N2O4S. The molecule has 0 aliphatic rings. The number of rotatable bonds is 7. The van der Waals surface area contributed by atoms with Crippen LogP contribution in [-0.4, -0.2) is 32.9 Å². The van der Waals surface area contributed by atoms with Crippen LogP contribution in [0.15, 0.2) is 42.5 Å². The van der Waals surface area contributed by atoms with E-state index < -0.39 is 10.0 Å². The summed E-state index contributed by atoms with van der Waals surface area (Å²) in [6.45, 7) is 5.17. The molecule has 0 saturated heterocycles. The molecule has 6 nitrogen and oxygen atoms in total. The fraction of sp³-hybridized carbons (Fsp3) is 0.300. The zero-order chi connectivity index (χ0) is 20.2. The van der Waals surface area contributed by atoms with Crippen molar-refractivity contribution in [3.8, 4) is 0 Å². The number of nitrogens with one attached hydrogen (secondary N) is 1. The molecule has 0 atom stereocenters. The van der Waals surface area contributed by atoms with Gasteiger partial charge in [0, 0.05) is 24.2 Å². The monoisotopic (exact) mass is 388 g/mol. The van der Waals surface area contributed by atoms with Crippen LogP contribution >= 0.6 is 0 Å². The summed E-state index contributed by atoms with van der Waals surface area (Å²) in [6.07, 6.45) is 1.12. The van der Waals surface area contributed by atoms with E-state index in [2.05, 4.69) is 5.32 Å². The van der Waals surface area contributed by atoms with E-state index in [0.717, 1.165) is 17.4 Å². The normalized spacial score (nSPS) is 11.1. The molecule has 2 aromatic carbocycles. The minimum atomic E-state index is -3.54. The van der Waals surface area contributed by atoms with Crippen LogP contribution in [0.4, 0.5) is 11.4 Å². The number of anilines is 2. The fourth-order valence-corrected chi connectivity index (χ4v) is 3.93. The molecule has 27 heavy (non-hydrogen) atoms. The van der Waals surface area contributed by atoms with Gasteiger partial charge in [0.05, 0.1) is 11.9 Å². The molecule has 2 rings (SSSR count). The predicted octanol–water partition coefficient (Wildman–Crippen LogP) is 3.30. The van der Waals surface area contributed by atoms with Crippen molar-refractivity contribution in [2.75, 3.05) is 22.4 Å². The lowest BCUT2D eigenvalue weighted by atomic mass is 10.1. The molecule has 0 fully saturated rings. The third-order valence-corrected chi connectivity index (χ3v) is 5.35. The lowest BCUT2D eigenvalue weighted by Gasteiger charge is -2.25. The number of sulfonamides is 1. The van der Waals surface area contributed by atoms with E-state index in [1.54, 1.807) is 24.3 Å². The molecule has 0 aliphatic carbocycles. The summed E-state index contributed by atoms with van der Waals surface area (Å²) in [7, 11) is -3.54. The van der Waals surface area contributed by atoms with Crippen molar-refractivity contribution in [2.24, 2.45) is 0 Å². The van der Waals surface area contributed by atoms with E-state index in [-0.39, 0.29) is 24.7 Å². The maximum atomic E-state index is 12.3. The number of carbonyl (C=O) groups excluding carboxylic acids is 2. The molecule has 0 unspecified atom stereocenters. The summed E-state index contributed by atoms with van der Waals surface area (Å²) < 4.78 is 25.8. The first kappa shape index (κ1) is 20.6. The molecule has 144 valence electrons. The van der Waals surface area contributed by atoms with Crippen LogP contribution in [0.2, 0.25) is 0 Å². The van der Waals surface area contributed by atoms with E-state index in [4.69, 9.17) is 0 Å². The zero-order valence-electron chi connectivity index (χ0n) is 15.9. The third-order valence-electron chi connectivity index (χ3n) is 4.18. The van der Waals surface area contributed by atoms with Crippen molar-refractivity contribution in [2.45, 2.75) is 27.2 Å². The van der Waals surface area contributed by atoms with E-state index in [0.29, 0.717) is 16.9 Å². The van der Waals surface area contributed by atoms with Crippen LogP contribution < -0.4 is 9.62 Å². The molecule has 2 aromatic rings. The smallest absolute Gasteiger partial charge is 0.232 e. The van der Waals surface area contributed by atoms with E-state index in [9.17, 15) is 18.0 Å². The van der Waals surface area contributed by atoms with Crippen LogP contribution in [-0.2, 0) is 14.8 Å². The van der Waals surface area contributed by atoms with E-state index in [1.807, 2.05) is 32.0 Å². The standard InChI is InChI=1S/C20H24N2O4S/c1-14-7-5-8-15(2)20(14)22(27(4,25)26)12-11-19(24)21-18-10-6-9-17(13-18)16(3)23/h5-10,13H,11-12H2,1-4H3,(H,21,24). The lowest BCUT2D eigenvalue weighted by molar-refractivity contribution is -0.116. The predicted molar refractivity (Wildman–Crippen MR) is 108 cm³/mol. The van der Waals surface area contributed by atoms with Crippen molar-refractivity contribution >= 4 is 33.1 Å². The van der Waals surface area contributed by atoms with E-state index in [1.165, 1.54) is 11.2 Å². The van der Waals surface area contributed by atoms with Gasteiger partial charge in [-0.3, -0.25) is 13.9 Å². The Kier molecular flexibility index (Phi) is 6.38. The highest BCUT2D eigenvalue weighted by Gasteiger charge is 2.22. The van der Waals surface area contributed by atoms with Gasteiger partial charge in [-0.1, -0.05) is 30.3 Å². The summed E-state index contributed by atoms with van der Waals surface area (Å²) in [6, 6.07) is 12.2. The lowest BCUT2D eigenvalue weighted by Crippen LogP contribution is -2.34. The molecule has 0 aromatic heterocycles. The Bertz CT molecular complexity index is 947. The number of ketones is 1. The first-order valence-corrected chi connectivity index (χ1v) is 10.4. The second kappa shape index (κ2) is 8.35. The summed E-state index contributed by atoms with van der Waals surface area (Å²) in [5.74, 6) is -0.417. The summed E-state index contributed by atoms with van der Waals surface area (Å²) in [5.41, 5.74) is 3.27. The van der Waals surface area contributed by atoms with Crippen LogP contribution in [0.5, 0.6) is 0 Å². The van der Waals surface area contributed by atoms with E-state index >= 15 is 0 Å². The minimum Gasteiger partial charge on any atom is -0.326 e. The Morgan fingerprint density at radius 3 is 2.19 bits per heavy atom. The third kappa shape index (κ3) is 5.40. The SMILES string of the molecule is CC(=O)c1cccc(NC(=O)CCN(c2c(C)cccc2C)S(C)(=O)=O)c1. The summed E-state index contributed by atoms with van der Waals surface area (Å²) in [5, 5.41) is 2.71. The quantitative estimate of drug-likeness (QED) is 0.738. The molecule has 7 heteroatoms. The summed E-state index contributed by atoms with van der Waals surface area (Å²) >= 11 is 0. The number of nitrogens with zero attached hydrogens (tertiary/aromatic N) is 1. The van der Waals surface area contributed by atoms with Crippen LogP contribution in [0.1, 0.15) is 34.8 Å². The molecule has 0 radical (unpaired) electrons. The van der Waals surface area contributed by atoms with Gasteiger partial charge >= 0.3 is 0 Å². The molecule has 0 saturated carbocycles. The average molecular weight is 388 g/mol. The first-order chi connectivity index (χ1) is 12.6. The van der Waals surface area contributed by atoms with Gasteiger partial charge < -0.3 is 5.32 Å². The maximum absolute atomic E-state index is 12.3. The maximum Gasteiger partial charge on any atom is 0.232 e. The Hall–Kier alpha value is -2.67. The Morgan fingerprint density at radius 2 is 1.63 bits per heavy atom. The number of amides is 1. The highest BCUT2D eigenvalue weighted by molar-refractivity contribution is 7.92. The van der Waals surface area contributed by atoms with Gasteiger partial charge in [0.1, 0.15) is 0 Å². The van der Waals surface area contributed by atoms with Crippen molar-refractivity contribution in [3.05, 3.63) is 59.2 Å². The second-order valence-electron chi connectivity index (χ2n) is 6.51. The van der Waals surface area contributed by atoms with Gasteiger partial charge in [0.2, 0.25) is 15.9 Å². The van der Waals surface area contributed by atoms with Crippen molar-refractivity contribution in [3.63, 3.8) is 0 Å². The summed E-state index contributed by atoms with van der Waals surface area (Å²) in [4.78, 5) is 23.8. The molecule has 1 N–H and O–H groups in total. The number of hydrogen-bond donors (Lipinski definition) is 1. The first-order valence-electron chi connectivity index (χ1n) is 8.54. The highest BCUT2D eigenvalue weighted by atomic mass is 32.2. The minimum absolute atomic E-state index is 0.00879. The number of carbonyl (C=O) groups is 2. The topological polar surface area (TPSA) is 83.6 Å². The molecule has 0 spiro atoms. The van der Waals surface area contributed by atoms with Crippen molar-refractivity contribution in [1.82, 2.24) is 0 Å². The Balaban J connectivity index is 2.15. The molecule has 0 aliphatic heterocycles. The van der Waals surface area contributed by atoms with Gasteiger partial charge in [-0.15, -0.1) is 0 Å². The van der Waals surface area contributed by atoms with Gasteiger partial charge in [-0.05, 0) is 44.0 Å². The number of hydrogen-bond acceptors (Lipinski definition) is 4. The largest absolute Gasteiger partial charge is 0.326 e. The Morgan fingerprint density at radius 1 is 1.04 bits per heavy atom. The molecule has 0 bridgehead atoms. The van der Waals surface area contributed by atoms with Crippen molar-refractivity contribution in [1.29, 1.82) is 0 Å². The molecule has 1 amide bonds. The Labute approximate surface area is 160 Å². The number of para-hydroxylation sites is 1. The fourth-order valence-electron chi connectivity index (χ4n) is 2.89. The van der Waals surface area contributed by atoms with Crippen LogP contribution in [0.25, 0.3) is 0 Å². The van der Waals surface area contributed by atoms with Gasteiger partial charge in [-0.2, -0.15) is 0 Å². The highest BCUT2D eigenvalue weighted by Crippen LogP contribution is 2.27. The van der Waals surface area contributed by atoms with Gasteiger partial charge in [0.25, 0.3) is 0 Å². The van der Waals surface area contributed by atoms with Gasteiger partial charge in [0.15, 0.2) is 5.78 Å². The average Bonchev–Trinajstić information content (AvgIpc) is 2.56. The molecule has 0 heterocycles. The van der Waals surface area contributed by atoms with Crippen LogP contribution in [0.3, 0.4) is 0 Å². The number of aryl methyl sites for hydroxylation is 2. The second-order valence-corrected chi connectivity index (χ2v) is 8.42. The number of benzene rings is 2. The van der Waals surface area contributed by atoms with Crippen LogP contribution in [0, 0.1) is 13.8 Å². The van der Waals surface area contributed by atoms with Crippen molar-refractivity contribution < 1.29 is 18.0 Å². The zero-order valence-corrected chi connectivity index (χ0v) is 16.8. The number of Topliss-reactive ketones (excluding diaryl/α,β-unsaturated/α-hetero) is 1. The molecular weight excluding hydrogens is 364 g/mol.